The molecule has 0 radical (unpaired) electrons. The maximum absolute atomic E-state index is 13.4. The lowest BCUT2D eigenvalue weighted by atomic mass is 10.1. The third-order valence-corrected chi connectivity index (χ3v) is 2.62. The molecule has 0 saturated heterocycles. The Balaban J connectivity index is 2.13. The summed E-state index contributed by atoms with van der Waals surface area (Å²) in [6, 6.07) is 13.4. The second-order valence-electron chi connectivity index (χ2n) is 3.87. The third kappa shape index (κ3) is 3.02. The minimum absolute atomic E-state index is 0.200. The van der Waals surface area contributed by atoms with Crippen molar-refractivity contribution in [3.8, 4) is 17.6 Å². The van der Waals surface area contributed by atoms with Gasteiger partial charge in [0.15, 0.2) is 11.6 Å². The van der Waals surface area contributed by atoms with Gasteiger partial charge in [-0.2, -0.15) is 5.26 Å². The molecule has 3 nitrogen and oxygen atoms in total. The van der Waals surface area contributed by atoms with Crippen molar-refractivity contribution in [3.63, 3.8) is 0 Å². The number of nitrogens with zero attached hydrogens (tertiary/aromatic N) is 1. The van der Waals surface area contributed by atoms with E-state index < -0.39 is 5.82 Å². The molecule has 2 aromatic rings. The molecule has 96 valence electrons. The topological polar surface area (TPSA) is 42.2 Å². The van der Waals surface area contributed by atoms with Crippen LogP contribution in [0.5, 0.6) is 11.5 Å². The van der Waals surface area contributed by atoms with Crippen LogP contribution >= 0.6 is 0 Å². The molecule has 0 aliphatic carbocycles. The molecule has 0 saturated carbocycles. The van der Waals surface area contributed by atoms with E-state index >= 15 is 0 Å². The fourth-order valence-corrected chi connectivity index (χ4v) is 1.64. The molecule has 2 rings (SSSR count). The van der Waals surface area contributed by atoms with Crippen LogP contribution in [0.3, 0.4) is 0 Å². The quantitative estimate of drug-likeness (QED) is 0.844. The molecule has 0 aromatic heterocycles. The number of hydrogen-bond donors (Lipinski definition) is 0. The summed E-state index contributed by atoms with van der Waals surface area (Å²) in [5.74, 6) is 0.283. The smallest absolute Gasteiger partial charge is 0.165 e. The predicted molar refractivity (Wildman–Crippen MR) is 68.4 cm³/mol. The first-order chi connectivity index (χ1) is 9.24. The van der Waals surface area contributed by atoms with Gasteiger partial charge in [0, 0.05) is 0 Å². The summed E-state index contributed by atoms with van der Waals surface area (Å²) in [5, 5.41) is 8.87. The highest BCUT2D eigenvalue weighted by Crippen LogP contribution is 2.21. The van der Waals surface area contributed by atoms with Crippen LogP contribution in [0.4, 0.5) is 4.39 Å². The van der Waals surface area contributed by atoms with Gasteiger partial charge < -0.3 is 9.47 Å². The van der Waals surface area contributed by atoms with Crippen molar-refractivity contribution in [1.29, 1.82) is 5.26 Å². The predicted octanol–water partition coefficient (Wildman–Crippen LogP) is 3.28. The standard InChI is InChI=1S/C15H12FNO2/c1-18-15-8-11(6-7-12(15)9-17)10-19-14-5-3-2-4-13(14)16/h2-8H,10H2,1H3. The molecule has 0 aliphatic rings. The molecule has 0 spiro atoms. The molecule has 0 atom stereocenters. The molecule has 4 heteroatoms. The monoisotopic (exact) mass is 257 g/mol. The molecular weight excluding hydrogens is 245 g/mol. The van der Waals surface area contributed by atoms with Crippen molar-refractivity contribution >= 4 is 0 Å². The second kappa shape index (κ2) is 5.87. The molecule has 0 unspecified atom stereocenters. The van der Waals surface area contributed by atoms with Crippen LogP contribution in [0.15, 0.2) is 42.5 Å². The van der Waals surface area contributed by atoms with Crippen LogP contribution in [0, 0.1) is 17.1 Å². The van der Waals surface area contributed by atoms with Crippen LogP contribution in [0.1, 0.15) is 11.1 Å². The number of nitriles is 1. The van der Waals surface area contributed by atoms with E-state index in [-0.39, 0.29) is 12.4 Å². The van der Waals surface area contributed by atoms with Crippen LogP contribution in [-0.4, -0.2) is 7.11 Å². The average Bonchev–Trinajstić information content (AvgIpc) is 2.46. The zero-order chi connectivity index (χ0) is 13.7. The first-order valence-electron chi connectivity index (χ1n) is 5.69. The Morgan fingerprint density at radius 2 is 1.95 bits per heavy atom. The van der Waals surface area contributed by atoms with E-state index in [9.17, 15) is 4.39 Å². The number of para-hydroxylation sites is 1. The number of methoxy groups -OCH3 is 1. The van der Waals surface area contributed by atoms with E-state index in [1.54, 1.807) is 36.4 Å². The Kier molecular flexibility index (Phi) is 3.99. The molecule has 0 amide bonds. The van der Waals surface area contributed by atoms with Crippen molar-refractivity contribution in [2.75, 3.05) is 7.11 Å². The van der Waals surface area contributed by atoms with Gasteiger partial charge in [0.1, 0.15) is 18.4 Å². The minimum atomic E-state index is -0.400. The van der Waals surface area contributed by atoms with Gasteiger partial charge in [-0.3, -0.25) is 0 Å². The number of benzene rings is 2. The zero-order valence-corrected chi connectivity index (χ0v) is 10.4. The Morgan fingerprint density at radius 3 is 2.63 bits per heavy atom. The van der Waals surface area contributed by atoms with E-state index in [4.69, 9.17) is 14.7 Å². The average molecular weight is 257 g/mol. The van der Waals surface area contributed by atoms with Gasteiger partial charge >= 0.3 is 0 Å². The second-order valence-corrected chi connectivity index (χ2v) is 3.87. The summed E-state index contributed by atoms with van der Waals surface area (Å²) in [6.45, 7) is 0.211. The Labute approximate surface area is 110 Å². The Morgan fingerprint density at radius 1 is 1.16 bits per heavy atom. The maximum atomic E-state index is 13.4. The van der Waals surface area contributed by atoms with E-state index in [1.807, 2.05) is 6.07 Å². The molecule has 19 heavy (non-hydrogen) atoms. The lowest BCUT2D eigenvalue weighted by Crippen LogP contribution is -1.98. The normalized spacial score (nSPS) is 9.74. The van der Waals surface area contributed by atoms with Gasteiger partial charge in [0.05, 0.1) is 12.7 Å². The molecule has 0 fully saturated rings. The number of ether oxygens (including phenoxy) is 2. The maximum Gasteiger partial charge on any atom is 0.165 e. The van der Waals surface area contributed by atoms with Crippen LogP contribution in [-0.2, 0) is 6.61 Å². The molecule has 0 heterocycles. The summed E-state index contributed by atoms with van der Waals surface area (Å²) >= 11 is 0. The summed E-state index contributed by atoms with van der Waals surface area (Å²) in [6.07, 6.45) is 0. The summed E-state index contributed by atoms with van der Waals surface area (Å²) in [7, 11) is 1.50. The van der Waals surface area contributed by atoms with Gasteiger partial charge in [0.25, 0.3) is 0 Å². The van der Waals surface area contributed by atoms with Crippen LogP contribution in [0.2, 0.25) is 0 Å². The van der Waals surface area contributed by atoms with E-state index in [0.717, 1.165) is 5.56 Å². The third-order valence-electron chi connectivity index (χ3n) is 2.62. The summed E-state index contributed by atoms with van der Waals surface area (Å²) in [4.78, 5) is 0. The Hall–Kier alpha value is -2.54. The Bertz CT molecular complexity index is 620. The molecule has 2 aromatic carbocycles. The molecule has 0 bridgehead atoms. The van der Waals surface area contributed by atoms with Crippen molar-refractivity contribution < 1.29 is 13.9 Å². The summed E-state index contributed by atoms with van der Waals surface area (Å²) in [5.41, 5.74) is 1.26. The SMILES string of the molecule is COc1cc(COc2ccccc2F)ccc1C#N. The van der Waals surface area contributed by atoms with Gasteiger partial charge in [-0.1, -0.05) is 18.2 Å². The van der Waals surface area contributed by atoms with Crippen molar-refractivity contribution in [1.82, 2.24) is 0 Å². The highest BCUT2D eigenvalue weighted by molar-refractivity contribution is 5.45. The van der Waals surface area contributed by atoms with E-state index in [1.165, 1.54) is 13.2 Å². The highest BCUT2D eigenvalue weighted by Gasteiger charge is 2.06. The highest BCUT2D eigenvalue weighted by atomic mass is 19.1. The number of halogens is 1. The van der Waals surface area contributed by atoms with Gasteiger partial charge in [-0.25, -0.2) is 4.39 Å². The zero-order valence-electron chi connectivity index (χ0n) is 10.4. The van der Waals surface area contributed by atoms with Gasteiger partial charge in [-0.15, -0.1) is 0 Å². The van der Waals surface area contributed by atoms with Crippen molar-refractivity contribution in [2.45, 2.75) is 6.61 Å². The van der Waals surface area contributed by atoms with Gasteiger partial charge in [-0.05, 0) is 29.8 Å². The largest absolute Gasteiger partial charge is 0.495 e. The van der Waals surface area contributed by atoms with E-state index in [0.29, 0.717) is 11.3 Å². The first kappa shape index (κ1) is 12.9. The van der Waals surface area contributed by atoms with Crippen molar-refractivity contribution in [3.05, 3.63) is 59.4 Å². The first-order valence-corrected chi connectivity index (χ1v) is 5.69. The number of rotatable bonds is 4. The van der Waals surface area contributed by atoms with E-state index in [2.05, 4.69) is 0 Å². The van der Waals surface area contributed by atoms with Gasteiger partial charge in [0.2, 0.25) is 0 Å². The summed E-state index contributed by atoms with van der Waals surface area (Å²) < 4.78 is 23.8. The van der Waals surface area contributed by atoms with Crippen LogP contribution < -0.4 is 9.47 Å². The molecule has 0 N–H and O–H groups in total. The minimum Gasteiger partial charge on any atom is -0.495 e. The lowest BCUT2D eigenvalue weighted by molar-refractivity contribution is 0.289. The van der Waals surface area contributed by atoms with Crippen molar-refractivity contribution in [2.24, 2.45) is 0 Å². The molecular formula is C15H12FNO2. The number of hydrogen-bond acceptors (Lipinski definition) is 3. The lowest BCUT2D eigenvalue weighted by Gasteiger charge is -2.09. The fourth-order valence-electron chi connectivity index (χ4n) is 1.64. The fraction of sp³-hybridized carbons (Fsp3) is 0.133. The van der Waals surface area contributed by atoms with Crippen LogP contribution in [0.25, 0.3) is 0 Å². The molecule has 0 aliphatic heterocycles.